The number of anilines is 2. The highest BCUT2D eigenvalue weighted by Gasteiger charge is 2.28. The van der Waals surface area contributed by atoms with E-state index in [9.17, 15) is 0 Å². The Balaban J connectivity index is 1.81. The van der Waals surface area contributed by atoms with Gasteiger partial charge in [0.2, 0.25) is 0 Å². The van der Waals surface area contributed by atoms with E-state index in [2.05, 4.69) is 28.2 Å². The molecule has 0 fully saturated rings. The molecule has 29 heavy (non-hydrogen) atoms. The topological polar surface area (TPSA) is 65.3 Å². The minimum Gasteiger partial charge on any atom is -0.497 e. The van der Waals surface area contributed by atoms with Gasteiger partial charge in [-0.25, -0.2) is 9.67 Å². The first-order chi connectivity index (χ1) is 14.1. The van der Waals surface area contributed by atoms with Crippen LogP contribution in [0.1, 0.15) is 37.1 Å². The highest BCUT2D eigenvalue weighted by molar-refractivity contribution is 6.34. The van der Waals surface area contributed by atoms with E-state index in [0.29, 0.717) is 11.6 Å². The number of benzene rings is 1. The van der Waals surface area contributed by atoms with E-state index >= 15 is 0 Å². The monoisotopic (exact) mass is 415 g/mol. The second-order valence-electron chi connectivity index (χ2n) is 7.35. The molecule has 3 aromatic rings. The minimum atomic E-state index is 0.230. The Kier molecular flexibility index (Phi) is 5.61. The summed E-state index contributed by atoms with van der Waals surface area (Å²) in [6.07, 6.45) is 2.72. The van der Waals surface area contributed by atoms with Gasteiger partial charge in [-0.05, 0) is 43.9 Å². The van der Waals surface area contributed by atoms with Gasteiger partial charge in [0, 0.05) is 32.0 Å². The fourth-order valence-electron chi connectivity index (χ4n) is 4.05. The summed E-state index contributed by atoms with van der Waals surface area (Å²) >= 11 is 6.62. The molecule has 0 saturated carbocycles. The quantitative estimate of drug-likeness (QED) is 0.566. The predicted molar refractivity (Wildman–Crippen MR) is 115 cm³/mol. The van der Waals surface area contributed by atoms with Gasteiger partial charge in [-0.15, -0.1) is 5.10 Å². The van der Waals surface area contributed by atoms with Crippen LogP contribution < -0.4 is 9.64 Å². The van der Waals surface area contributed by atoms with Crippen molar-refractivity contribution >= 4 is 34.1 Å². The van der Waals surface area contributed by atoms with Crippen LogP contribution in [0.25, 0.3) is 11.0 Å². The van der Waals surface area contributed by atoms with E-state index in [-0.39, 0.29) is 6.04 Å². The maximum atomic E-state index is 6.62. The average Bonchev–Trinajstić information content (AvgIpc) is 3.33. The third-order valence-corrected chi connectivity index (χ3v) is 5.81. The van der Waals surface area contributed by atoms with Gasteiger partial charge in [0.15, 0.2) is 11.3 Å². The molecule has 0 spiro atoms. The molecule has 0 bridgehead atoms. The molecule has 1 aromatic carbocycles. The summed E-state index contributed by atoms with van der Waals surface area (Å²) in [7, 11) is 3.38. The SMILES string of the molecule is CCC(CCOC)n1nnc2c(N3CCc4cc(OC)cc(Cl)c43)nc(C)cc21. The highest BCUT2D eigenvalue weighted by Crippen LogP contribution is 2.43. The lowest BCUT2D eigenvalue weighted by molar-refractivity contribution is 0.175. The Morgan fingerprint density at radius 1 is 1.24 bits per heavy atom. The number of fused-ring (bicyclic) bond motifs is 2. The molecular weight excluding hydrogens is 390 g/mol. The van der Waals surface area contributed by atoms with Crippen LogP contribution in [-0.2, 0) is 11.2 Å². The molecule has 1 aliphatic heterocycles. The van der Waals surface area contributed by atoms with Crippen molar-refractivity contribution in [2.24, 2.45) is 0 Å². The van der Waals surface area contributed by atoms with Gasteiger partial charge in [0.05, 0.1) is 29.4 Å². The summed E-state index contributed by atoms with van der Waals surface area (Å²) in [6, 6.07) is 6.18. The standard InChI is InChI=1S/C21H26ClN5O2/c1-5-15(7-9-28-3)27-18-10-13(2)23-21(19(18)24-25-27)26-8-6-14-11-16(29-4)12-17(22)20(14)26/h10-12,15H,5-9H2,1-4H3. The smallest absolute Gasteiger partial charge is 0.163 e. The van der Waals surface area contributed by atoms with Crippen LogP contribution in [-0.4, -0.2) is 47.3 Å². The number of ether oxygens (including phenoxy) is 2. The van der Waals surface area contributed by atoms with Crippen LogP contribution in [0, 0.1) is 6.92 Å². The Labute approximate surface area is 175 Å². The molecular formula is C21H26ClN5O2. The van der Waals surface area contributed by atoms with E-state index in [1.54, 1.807) is 14.2 Å². The van der Waals surface area contributed by atoms with Crippen molar-refractivity contribution in [1.82, 2.24) is 20.0 Å². The number of halogens is 1. The lowest BCUT2D eigenvalue weighted by atomic mass is 10.1. The normalized spacial score (nSPS) is 14.4. The van der Waals surface area contributed by atoms with Gasteiger partial charge in [-0.3, -0.25) is 0 Å². The van der Waals surface area contributed by atoms with Gasteiger partial charge in [0.1, 0.15) is 5.75 Å². The van der Waals surface area contributed by atoms with Gasteiger partial charge >= 0.3 is 0 Å². The summed E-state index contributed by atoms with van der Waals surface area (Å²) in [5.41, 5.74) is 4.85. The maximum absolute atomic E-state index is 6.62. The van der Waals surface area contributed by atoms with E-state index < -0.39 is 0 Å². The van der Waals surface area contributed by atoms with Crippen molar-refractivity contribution < 1.29 is 9.47 Å². The summed E-state index contributed by atoms with van der Waals surface area (Å²) in [5.74, 6) is 1.58. The molecule has 7 nitrogen and oxygen atoms in total. The van der Waals surface area contributed by atoms with Crippen LogP contribution in [0.5, 0.6) is 5.75 Å². The maximum Gasteiger partial charge on any atom is 0.163 e. The molecule has 1 atom stereocenters. The molecule has 2 aromatic heterocycles. The van der Waals surface area contributed by atoms with E-state index in [1.807, 2.05) is 23.7 Å². The number of hydrogen-bond acceptors (Lipinski definition) is 6. The van der Waals surface area contributed by atoms with Crippen LogP contribution >= 0.6 is 11.6 Å². The number of rotatable bonds is 7. The van der Waals surface area contributed by atoms with Crippen LogP contribution in [0.4, 0.5) is 11.5 Å². The number of nitrogens with zero attached hydrogens (tertiary/aromatic N) is 5. The van der Waals surface area contributed by atoms with Crippen molar-refractivity contribution in [3.63, 3.8) is 0 Å². The molecule has 0 N–H and O–H groups in total. The number of methoxy groups -OCH3 is 2. The molecule has 1 unspecified atom stereocenters. The largest absolute Gasteiger partial charge is 0.497 e. The minimum absolute atomic E-state index is 0.230. The lowest BCUT2D eigenvalue weighted by Gasteiger charge is -2.21. The Morgan fingerprint density at radius 2 is 2.07 bits per heavy atom. The van der Waals surface area contributed by atoms with Crippen molar-refractivity contribution in [3.05, 3.63) is 34.5 Å². The Hall–Kier alpha value is -2.38. The first-order valence-corrected chi connectivity index (χ1v) is 10.3. The van der Waals surface area contributed by atoms with Gasteiger partial charge in [-0.1, -0.05) is 23.7 Å². The predicted octanol–water partition coefficient (Wildman–Crippen LogP) is 4.48. The first kappa shape index (κ1) is 19.9. The second kappa shape index (κ2) is 8.16. The van der Waals surface area contributed by atoms with Gasteiger partial charge in [0.25, 0.3) is 0 Å². The van der Waals surface area contributed by atoms with Crippen molar-refractivity contribution in [3.8, 4) is 5.75 Å². The number of hydrogen-bond donors (Lipinski definition) is 0. The van der Waals surface area contributed by atoms with Crippen molar-refractivity contribution in [1.29, 1.82) is 0 Å². The molecule has 4 rings (SSSR count). The van der Waals surface area contributed by atoms with E-state index in [1.165, 1.54) is 0 Å². The molecule has 0 amide bonds. The zero-order chi connectivity index (χ0) is 20.5. The van der Waals surface area contributed by atoms with Crippen molar-refractivity contribution in [2.75, 3.05) is 32.3 Å². The molecule has 8 heteroatoms. The van der Waals surface area contributed by atoms with Gasteiger partial charge in [-0.2, -0.15) is 0 Å². The fourth-order valence-corrected chi connectivity index (χ4v) is 4.38. The van der Waals surface area contributed by atoms with Crippen molar-refractivity contribution in [2.45, 2.75) is 39.2 Å². The average molecular weight is 416 g/mol. The summed E-state index contributed by atoms with van der Waals surface area (Å²) in [4.78, 5) is 6.98. The van der Waals surface area contributed by atoms with Gasteiger partial charge < -0.3 is 14.4 Å². The Bertz CT molecular complexity index is 1040. The molecule has 154 valence electrons. The van der Waals surface area contributed by atoms with Crippen LogP contribution in [0.2, 0.25) is 5.02 Å². The zero-order valence-corrected chi connectivity index (χ0v) is 18.0. The third-order valence-electron chi connectivity index (χ3n) is 5.52. The van der Waals surface area contributed by atoms with E-state index in [4.69, 9.17) is 26.1 Å². The fraction of sp³-hybridized carbons (Fsp3) is 0.476. The molecule has 1 aliphatic rings. The van der Waals surface area contributed by atoms with E-state index in [0.717, 1.165) is 65.4 Å². The Morgan fingerprint density at radius 3 is 2.79 bits per heavy atom. The highest BCUT2D eigenvalue weighted by atomic mass is 35.5. The molecule has 0 saturated heterocycles. The molecule has 0 radical (unpaired) electrons. The number of pyridine rings is 1. The third kappa shape index (κ3) is 3.53. The number of aromatic nitrogens is 4. The molecule has 0 aliphatic carbocycles. The van der Waals surface area contributed by atoms with Crippen LogP contribution in [0.3, 0.4) is 0 Å². The van der Waals surface area contributed by atoms with Crippen LogP contribution in [0.15, 0.2) is 18.2 Å². The second-order valence-corrected chi connectivity index (χ2v) is 7.76. The summed E-state index contributed by atoms with van der Waals surface area (Å²) < 4.78 is 12.7. The number of aryl methyl sites for hydroxylation is 1. The summed E-state index contributed by atoms with van der Waals surface area (Å²) in [6.45, 7) is 5.64. The lowest BCUT2D eigenvalue weighted by Crippen LogP contribution is -2.16. The molecule has 3 heterocycles. The first-order valence-electron chi connectivity index (χ1n) is 9.92. The summed E-state index contributed by atoms with van der Waals surface area (Å²) in [5, 5.41) is 9.67. The zero-order valence-electron chi connectivity index (χ0n) is 17.3.